The Balaban J connectivity index is 1.15. The molecule has 0 atom stereocenters. The van der Waals surface area contributed by atoms with Crippen LogP contribution in [0.5, 0.6) is 0 Å². The lowest BCUT2D eigenvalue weighted by atomic mass is 9.72. The van der Waals surface area contributed by atoms with Gasteiger partial charge in [-0.15, -0.1) is 0 Å². The van der Waals surface area contributed by atoms with Crippen LogP contribution in [0.2, 0.25) is 0 Å². The molecule has 50 heavy (non-hydrogen) atoms. The van der Waals surface area contributed by atoms with Crippen molar-refractivity contribution in [3.63, 3.8) is 0 Å². The van der Waals surface area contributed by atoms with Crippen molar-refractivity contribution >= 4 is 23.1 Å². The molecular formula is C48H48N2. The minimum absolute atomic E-state index is 0.104. The number of benzene rings is 5. The van der Waals surface area contributed by atoms with Crippen molar-refractivity contribution in [1.29, 1.82) is 0 Å². The molecule has 2 nitrogen and oxygen atoms in total. The lowest BCUT2D eigenvalue weighted by molar-refractivity contribution is 0.478. The highest BCUT2D eigenvalue weighted by Crippen LogP contribution is 2.54. The molecule has 1 N–H and O–H groups in total. The number of para-hydroxylation sites is 2. The van der Waals surface area contributed by atoms with Crippen molar-refractivity contribution in [2.45, 2.75) is 72.1 Å². The van der Waals surface area contributed by atoms with Gasteiger partial charge in [0.1, 0.15) is 0 Å². The summed E-state index contributed by atoms with van der Waals surface area (Å²) in [7, 11) is 0. The number of hydrogen-bond acceptors (Lipinski definition) is 2. The number of nitrogens with zero attached hydrogens (tertiary/aromatic N) is 1. The van der Waals surface area contributed by atoms with E-state index >= 15 is 0 Å². The Bertz CT molecular complexity index is 2220. The summed E-state index contributed by atoms with van der Waals surface area (Å²) in [5.74, 6) is 0. The Kier molecular flexibility index (Phi) is 7.56. The van der Waals surface area contributed by atoms with E-state index in [2.05, 4.69) is 168 Å². The van der Waals surface area contributed by atoms with Crippen molar-refractivity contribution in [1.82, 2.24) is 0 Å². The maximum atomic E-state index is 3.40. The Hall–Kier alpha value is -5.08. The maximum absolute atomic E-state index is 3.40. The quantitative estimate of drug-likeness (QED) is 0.203. The van der Waals surface area contributed by atoms with Crippen LogP contribution in [-0.2, 0) is 10.8 Å². The first-order valence-corrected chi connectivity index (χ1v) is 18.2. The Labute approximate surface area is 298 Å². The van der Waals surface area contributed by atoms with E-state index < -0.39 is 0 Å². The minimum Gasteiger partial charge on any atom is -0.362 e. The Morgan fingerprint density at radius 1 is 0.600 bits per heavy atom. The lowest BCUT2D eigenvalue weighted by Gasteiger charge is -2.43. The molecule has 0 aromatic heterocycles. The highest BCUT2D eigenvalue weighted by Gasteiger charge is 2.39. The summed E-state index contributed by atoms with van der Waals surface area (Å²) in [6, 6.07) is 40.5. The number of anilines is 3. The van der Waals surface area contributed by atoms with E-state index in [1.807, 2.05) is 24.4 Å². The van der Waals surface area contributed by atoms with Gasteiger partial charge < -0.3 is 10.2 Å². The van der Waals surface area contributed by atoms with Gasteiger partial charge in [-0.1, -0.05) is 133 Å². The monoisotopic (exact) mass is 652 g/mol. The van der Waals surface area contributed by atoms with Crippen molar-refractivity contribution in [2.75, 3.05) is 10.2 Å². The van der Waals surface area contributed by atoms with Gasteiger partial charge in [-0.25, -0.2) is 0 Å². The first kappa shape index (κ1) is 32.1. The molecule has 0 spiro atoms. The molecule has 0 saturated carbocycles. The second kappa shape index (κ2) is 11.8. The molecule has 3 aliphatic rings. The fourth-order valence-corrected chi connectivity index (χ4v) is 8.44. The zero-order valence-electron chi connectivity index (χ0n) is 30.6. The summed E-state index contributed by atoms with van der Waals surface area (Å²) in [5.41, 5.74) is 18.5. The van der Waals surface area contributed by atoms with Crippen molar-refractivity contribution < 1.29 is 0 Å². The molecule has 8 rings (SSSR count). The van der Waals surface area contributed by atoms with E-state index in [0.29, 0.717) is 0 Å². The predicted molar refractivity (Wildman–Crippen MR) is 214 cm³/mol. The SMILES string of the molecule is CC(C)(C)C1=CC=C(N2c3ccccc3C(C)(C)c3cc(-c4ccc5c(c4)C(C)(C)c4cc(/C=C/Nc6ccccc6)ccc4-5)ccc32)CC1. The van der Waals surface area contributed by atoms with Gasteiger partial charge in [0.15, 0.2) is 0 Å². The number of allylic oxidation sites excluding steroid dienone is 4. The second-order valence-electron chi connectivity index (χ2n) is 16.3. The number of hydrogen-bond donors (Lipinski definition) is 1. The van der Waals surface area contributed by atoms with E-state index in [9.17, 15) is 0 Å². The smallest absolute Gasteiger partial charge is 0.0499 e. The summed E-state index contributed by atoms with van der Waals surface area (Å²) in [6.45, 7) is 16.5. The average Bonchev–Trinajstić information content (AvgIpc) is 3.33. The number of rotatable bonds is 5. The first-order chi connectivity index (χ1) is 23.9. The van der Waals surface area contributed by atoms with Gasteiger partial charge in [0.2, 0.25) is 0 Å². The Morgan fingerprint density at radius 2 is 1.22 bits per heavy atom. The maximum Gasteiger partial charge on any atom is 0.0499 e. The van der Waals surface area contributed by atoms with Gasteiger partial charge >= 0.3 is 0 Å². The number of fused-ring (bicyclic) bond motifs is 5. The van der Waals surface area contributed by atoms with Gasteiger partial charge in [-0.05, 0) is 117 Å². The standard InChI is InChI=1S/C48H48N2/c1-46(2,3)35-20-22-37(23-21-35)50-44-16-12-11-15-40(44)47(4,5)43-31-34(19-26-45(43)50)33-18-25-39-38-24-17-32(27-28-49-36-13-9-8-10-14-36)29-41(38)48(6,7)42(39)30-33/h8-20,22,24-31,49H,21,23H2,1-7H3/b28-27+. The van der Waals surface area contributed by atoms with Crippen LogP contribution < -0.4 is 10.2 Å². The van der Waals surface area contributed by atoms with Gasteiger partial charge in [0.25, 0.3) is 0 Å². The fourth-order valence-electron chi connectivity index (χ4n) is 8.44. The summed E-state index contributed by atoms with van der Waals surface area (Å²) >= 11 is 0. The molecule has 0 amide bonds. The molecular weight excluding hydrogens is 605 g/mol. The van der Waals surface area contributed by atoms with Crippen molar-refractivity contribution in [3.05, 3.63) is 167 Å². The van der Waals surface area contributed by atoms with Crippen molar-refractivity contribution in [2.24, 2.45) is 5.41 Å². The molecule has 0 radical (unpaired) electrons. The number of nitrogens with one attached hydrogen (secondary N) is 1. The highest BCUT2D eigenvalue weighted by atomic mass is 15.2. The topological polar surface area (TPSA) is 15.3 Å². The Morgan fingerprint density at radius 3 is 1.94 bits per heavy atom. The van der Waals surface area contributed by atoms with Gasteiger partial charge in [-0.3, -0.25) is 0 Å². The highest BCUT2D eigenvalue weighted by molar-refractivity contribution is 5.87. The van der Waals surface area contributed by atoms with Gasteiger partial charge in [-0.2, -0.15) is 0 Å². The minimum atomic E-state index is -0.133. The second-order valence-corrected chi connectivity index (χ2v) is 16.3. The molecule has 5 aromatic rings. The molecule has 2 aliphatic carbocycles. The first-order valence-electron chi connectivity index (χ1n) is 18.2. The third-order valence-electron chi connectivity index (χ3n) is 11.4. The molecule has 0 saturated heterocycles. The summed E-state index contributed by atoms with van der Waals surface area (Å²) in [4.78, 5) is 2.54. The van der Waals surface area contributed by atoms with Gasteiger partial charge in [0, 0.05) is 39.8 Å². The average molecular weight is 653 g/mol. The normalized spacial score (nSPS) is 17.0. The predicted octanol–water partition coefficient (Wildman–Crippen LogP) is 13.2. The van der Waals surface area contributed by atoms with E-state index in [0.717, 1.165) is 18.5 Å². The third kappa shape index (κ3) is 5.33. The summed E-state index contributed by atoms with van der Waals surface area (Å²) in [5, 5.41) is 3.40. The van der Waals surface area contributed by atoms with Crippen LogP contribution in [0.4, 0.5) is 17.1 Å². The summed E-state index contributed by atoms with van der Waals surface area (Å²) in [6.07, 6.45) is 11.1. The molecule has 1 aliphatic heterocycles. The molecule has 250 valence electrons. The zero-order valence-corrected chi connectivity index (χ0v) is 30.6. The van der Waals surface area contributed by atoms with E-state index in [1.54, 1.807) is 0 Å². The zero-order chi connectivity index (χ0) is 34.8. The largest absolute Gasteiger partial charge is 0.362 e. The van der Waals surface area contributed by atoms with Crippen LogP contribution in [0.1, 0.15) is 89.1 Å². The van der Waals surface area contributed by atoms with E-state index in [-0.39, 0.29) is 16.2 Å². The van der Waals surface area contributed by atoms with Crippen LogP contribution in [0.3, 0.4) is 0 Å². The molecule has 0 unspecified atom stereocenters. The van der Waals surface area contributed by atoms with Crippen molar-refractivity contribution in [3.8, 4) is 22.3 Å². The van der Waals surface area contributed by atoms with Crippen LogP contribution in [0, 0.1) is 5.41 Å². The van der Waals surface area contributed by atoms with Gasteiger partial charge in [0.05, 0.1) is 0 Å². The lowest BCUT2D eigenvalue weighted by Crippen LogP contribution is -2.33. The van der Waals surface area contributed by atoms with E-state index in [4.69, 9.17) is 0 Å². The fraction of sp³-hybridized carbons (Fsp3) is 0.250. The molecule has 1 heterocycles. The van der Waals surface area contributed by atoms with Crippen LogP contribution >= 0.6 is 0 Å². The molecule has 0 bridgehead atoms. The molecule has 5 aromatic carbocycles. The van der Waals surface area contributed by atoms with E-state index in [1.165, 1.54) is 72.7 Å². The van der Waals surface area contributed by atoms with Crippen LogP contribution in [0.25, 0.3) is 28.3 Å². The third-order valence-corrected chi connectivity index (χ3v) is 11.4. The van der Waals surface area contributed by atoms with Crippen LogP contribution in [0.15, 0.2) is 139 Å². The molecule has 0 fully saturated rings. The molecule has 2 heteroatoms. The van der Waals surface area contributed by atoms with Crippen LogP contribution in [-0.4, -0.2) is 0 Å². The summed E-state index contributed by atoms with van der Waals surface area (Å²) < 4.78 is 0.